The number of carbonyl (C=O) groups is 1. The third kappa shape index (κ3) is 3.13. The number of para-hydroxylation sites is 1. The fraction of sp³-hybridized carbons (Fsp3) is 0.143. The number of hydrazone groups is 1. The first-order valence-electron chi connectivity index (χ1n) is 8.74. The number of benzene rings is 2. The van der Waals surface area contributed by atoms with Crippen LogP contribution in [-0.2, 0) is 13.2 Å². The molecule has 0 fully saturated rings. The van der Waals surface area contributed by atoms with Crippen LogP contribution in [0.25, 0.3) is 21.8 Å². The fourth-order valence-electron chi connectivity index (χ4n) is 3.37. The zero-order valence-corrected chi connectivity index (χ0v) is 15.7. The van der Waals surface area contributed by atoms with Crippen LogP contribution in [0, 0.1) is 0 Å². The van der Waals surface area contributed by atoms with E-state index in [1.54, 1.807) is 12.3 Å². The Morgan fingerprint density at radius 1 is 1.19 bits per heavy atom. The van der Waals surface area contributed by atoms with Crippen LogP contribution in [0.5, 0.6) is 0 Å². The Balaban J connectivity index is 1.75. The van der Waals surface area contributed by atoms with Crippen molar-refractivity contribution in [2.75, 3.05) is 0 Å². The predicted octanol–water partition coefficient (Wildman–Crippen LogP) is 4.13. The first-order valence-corrected chi connectivity index (χ1v) is 9.62. The number of rotatable bonds is 5. The average molecular weight is 377 g/mol. The molecule has 2 aromatic carbocycles. The van der Waals surface area contributed by atoms with Crippen molar-refractivity contribution < 1.29 is 9.90 Å². The summed E-state index contributed by atoms with van der Waals surface area (Å²) in [6.07, 6.45) is 1.59. The lowest BCUT2D eigenvalue weighted by Crippen LogP contribution is -2.16. The van der Waals surface area contributed by atoms with Gasteiger partial charge in [-0.1, -0.05) is 24.3 Å². The molecule has 1 amide bonds. The molecular weight excluding hydrogens is 358 g/mol. The summed E-state index contributed by atoms with van der Waals surface area (Å²) in [7, 11) is 0. The van der Waals surface area contributed by atoms with Crippen molar-refractivity contribution in [3.63, 3.8) is 0 Å². The zero-order valence-electron chi connectivity index (χ0n) is 14.8. The third-order valence-electron chi connectivity index (χ3n) is 4.63. The molecule has 27 heavy (non-hydrogen) atoms. The lowest BCUT2D eigenvalue weighted by atomic mass is 10.0. The summed E-state index contributed by atoms with van der Waals surface area (Å²) < 4.78 is 2.24. The van der Waals surface area contributed by atoms with Crippen molar-refractivity contribution in [3.05, 3.63) is 69.9 Å². The highest BCUT2D eigenvalue weighted by molar-refractivity contribution is 7.12. The maximum atomic E-state index is 12.0. The lowest BCUT2D eigenvalue weighted by molar-refractivity contribution is 0.0959. The zero-order chi connectivity index (χ0) is 18.8. The summed E-state index contributed by atoms with van der Waals surface area (Å²) in [4.78, 5) is 12.6. The summed E-state index contributed by atoms with van der Waals surface area (Å²) in [5.74, 6) is -0.240. The van der Waals surface area contributed by atoms with Crippen molar-refractivity contribution in [2.24, 2.45) is 5.10 Å². The molecule has 0 atom stereocenters. The molecule has 5 nitrogen and oxygen atoms in total. The van der Waals surface area contributed by atoms with E-state index in [0.29, 0.717) is 4.88 Å². The highest BCUT2D eigenvalue weighted by atomic mass is 32.1. The molecule has 0 bridgehead atoms. The van der Waals surface area contributed by atoms with Gasteiger partial charge in [-0.05, 0) is 42.1 Å². The van der Waals surface area contributed by atoms with Crippen LogP contribution < -0.4 is 5.43 Å². The number of carbonyl (C=O) groups excluding carboxylic acids is 1. The number of aliphatic hydroxyl groups is 1. The summed E-state index contributed by atoms with van der Waals surface area (Å²) in [6, 6.07) is 15.9. The number of nitrogens with one attached hydrogen (secondary N) is 1. The number of amides is 1. The minimum absolute atomic E-state index is 0.0958. The van der Waals surface area contributed by atoms with Crippen LogP contribution in [0.4, 0.5) is 0 Å². The average Bonchev–Trinajstić information content (AvgIpc) is 3.33. The van der Waals surface area contributed by atoms with Crippen LogP contribution >= 0.6 is 11.3 Å². The second-order valence-electron chi connectivity index (χ2n) is 6.16. The van der Waals surface area contributed by atoms with Gasteiger partial charge in [0, 0.05) is 33.9 Å². The smallest absolute Gasteiger partial charge is 0.281 e. The molecule has 0 saturated carbocycles. The standard InChI is InChI=1S/C21H19N3O2S/c1-2-24-18-7-4-3-6-16(18)17-10-14(15(13-25)11-19(17)24)12-22-23-21(26)20-8-5-9-27-20/h3-12,25H,2,13H2,1H3,(H,23,26)/b22-12+. The van der Waals surface area contributed by atoms with Gasteiger partial charge >= 0.3 is 0 Å². The number of aliphatic hydroxyl groups excluding tert-OH is 1. The SMILES string of the molecule is CCn1c2ccccc2c2cc(/C=N/NC(=O)c3cccs3)c(CO)cc21. The van der Waals surface area contributed by atoms with Crippen LogP contribution in [-0.4, -0.2) is 21.8 Å². The van der Waals surface area contributed by atoms with E-state index in [-0.39, 0.29) is 12.5 Å². The molecule has 0 aliphatic carbocycles. The van der Waals surface area contributed by atoms with E-state index >= 15 is 0 Å². The van der Waals surface area contributed by atoms with Gasteiger partial charge in [0.1, 0.15) is 0 Å². The van der Waals surface area contributed by atoms with E-state index in [0.717, 1.165) is 34.0 Å². The van der Waals surface area contributed by atoms with E-state index in [4.69, 9.17) is 0 Å². The number of aromatic nitrogens is 1. The maximum absolute atomic E-state index is 12.0. The summed E-state index contributed by atoms with van der Waals surface area (Å²) >= 11 is 1.36. The van der Waals surface area contributed by atoms with Gasteiger partial charge < -0.3 is 9.67 Å². The highest BCUT2D eigenvalue weighted by Crippen LogP contribution is 2.31. The molecule has 0 unspecified atom stereocenters. The van der Waals surface area contributed by atoms with Gasteiger partial charge in [-0.2, -0.15) is 5.10 Å². The number of nitrogens with zero attached hydrogens (tertiary/aromatic N) is 2. The van der Waals surface area contributed by atoms with Gasteiger partial charge in [-0.15, -0.1) is 11.3 Å². The molecular formula is C21H19N3O2S. The van der Waals surface area contributed by atoms with E-state index in [2.05, 4.69) is 34.2 Å². The van der Waals surface area contributed by atoms with E-state index in [1.807, 2.05) is 35.7 Å². The largest absolute Gasteiger partial charge is 0.392 e. The number of fused-ring (bicyclic) bond motifs is 3. The van der Waals surface area contributed by atoms with Crippen LogP contribution in [0.1, 0.15) is 27.7 Å². The Kier molecular flexibility index (Phi) is 4.75. The molecule has 2 N–H and O–H groups in total. The molecule has 2 aromatic heterocycles. The Bertz CT molecular complexity index is 1140. The second-order valence-corrected chi connectivity index (χ2v) is 7.11. The first-order chi connectivity index (χ1) is 13.2. The minimum Gasteiger partial charge on any atom is -0.392 e. The maximum Gasteiger partial charge on any atom is 0.281 e. The molecule has 0 radical (unpaired) electrons. The van der Waals surface area contributed by atoms with Crippen molar-refractivity contribution >= 4 is 45.3 Å². The van der Waals surface area contributed by atoms with E-state index in [1.165, 1.54) is 16.9 Å². The molecule has 0 aliphatic heterocycles. The molecule has 0 spiro atoms. The van der Waals surface area contributed by atoms with Crippen molar-refractivity contribution in [1.82, 2.24) is 9.99 Å². The monoisotopic (exact) mass is 377 g/mol. The number of aryl methyl sites for hydroxylation is 1. The normalized spacial score (nSPS) is 11.6. The molecule has 136 valence electrons. The quantitative estimate of drug-likeness (QED) is 0.406. The first kappa shape index (κ1) is 17.5. The Labute approximate surface area is 160 Å². The van der Waals surface area contributed by atoms with Crippen LogP contribution in [0.15, 0.2) is 59.0 Å². The molecule has 2 heterocycles. The van der Waals surface area contributed by atoms with Crippen molar-refractivity contribution in [2.45, 2.75) is 20.1 Å². The molecule has 0 aliphatic rings. The Morgan fingerprint density at radius 3 is 2.78 bits per heavy atom. The molecule has 6 heteroatoms. The second kappa shape index (κ2) is 7.34. The van der Waals surface area contributed by atoms with Gasteiger partial charge in [0.2, 0.25) is 0 Å². The number of hydrogen-bond donors (Lipinski definition) is 2. The lowest BCUT2D eigenvalue weighted by Gasteiger charge is -2.07. The minimum atomic E-state index is -0.240. The van der Waals surface area contributed by atoms with Crippen LogP contribution in [0.3, 0.4) is 0 Å². The summed E-state index contributed by atoms with van der Waals surface area (Å²) in [5, 5.41) is 18.0. The van der Waals surface area contributed by atoms with Gasteiger partial charge in [0.15, 0.2) is 0 Å². The van der Waals surface area contributed by atoms with Crippen molar-refractivity contribution in [1.29, 1.82) is 0 Å². The summed E-state index contributed by atoms with van der Waals surface area (Å²) in [6.45, 7) is 2.86. The third-order valence-corrected chi connectivity index (χ3v) is 5.50. The Hall–Kier alpha value is -2.96. The van der Waals surface area contributed by atoms with E-state index < -0.39 is 0 Å². The van der Waals surface area contributed by atoms with Gasteiger partial charge in [-0.25, -0.2) is 5.43 Å². The van der Waals surface area contributed by atoms with Gasteiger partial charge in [0.05, 0.1) is 17.7 Å². The van der Waals surface area contributed by atoms with E-state index in [9.17, 15) is 9.90 Å². The topological polar surface area (TPSA) is 66.6 Å². The highest BCUT2D eigenvalue weighted by Gasteiger charge is 2.12. The van der Waals surface area contributed by atoms with Gasteiger partial charge in [0.25, 0.3) is 5.91 Å². The number of hydrogen-bond acceptors (Lipinski definition) is 4. The summed E-state index contributed by atoms with van der Waals surface area (Å²) in [5.41, 5.74) is 6.35. The van der Waals surface area contributed by atoms with Crippen LogP contribution in [0.2, 0.25) is 0 Å². The fourth-order valence-corrected chi connectivity index (χ4v) is 3.99. The number of thiophene rings is 1. The molecule has 4 rings (SSSR count). The Morgan fingerprint density at radius 2 is 2.04 bits per heavy atom. The predicted molar refractivity (Wildman–Crippen MR) is 110 cm³/mol. The van der Waals surface area contributed by atoms with Gasteiger partial charge in [-0.3, -0.25) is 4.79 Å². The molecule has 0 saturated heterocycles. The molecule has 4 aromatic rings. The van der Waals surface area contributed by atoms with Crippen molar-refractivity contribution in [3.8, 4) is 0 Å².